The van der Waals surface area contributed by atoms with Crippen LogP contribution in [0.4, 0.5) is 11.7 Å². The van der Waals surface area contributed by atoms with Crippen molar-refractivity contribution in [3.05, 3.63) is 61.1 Å². The van der Waals surface area contributed by atoms with Gasteiger partial charge in [-0.3, -0.25) is 0 Å². The van der Waals surface area contributed by atoms with E-state index in [1.54, 1.807) is 12.5 Å². The van der Waals surface area contributed by atoms with E-state index in [2.05, 4.69) is 20.3 Å². The lowest BCUT2D eigenvalue weighted by Crippen LogP contribution is -1.89. The van der Waals surface area contributed by atoms with Gasteiger partial charge in [0.25, 0.3) is 6.01 Å². The fourth-order valence-corrected chi connectivity index (χ4v) is 2.20. The van der Waals surface area contributed by atoms with Crippen LogP contribution >= 0.6 is 0 Å². The van der Waals surface area contributed by atoms with Gasteiger partial charge >= 0.3 is 0 Å². The zero-order valence-electron chi connectivity index (χ0n) is 11.1. The van der Waals surface area contributed by atoms with E-state index >= 15 is 0 Å². The second-order valence-electron chi connectivity index (χ2n) is 4.66. The molecule has 2 aromatic heterocycles. The van der Waals surface area contributed by atoms with Crippen molar-refractivity contribution in [3.8, 4) is 11.3 Å². The van der Waals surface area contributed by atoms with Crippen LogP contribution in [-0.2, 0) is 0 Å². The van der Waals surface area contributed by atoms with E-state index in [0.29, 0.717) is 6.01 Å². The van der Waals surface area contributed by atoms with Gasteiger partial charge in [0.1, 0.15) is 0 Å². The summed E-state index contributed by atoms with van der Waals surface area (Å²) in [5.41, 5.74) is 3.79. The summed E-state index contributed by atoms with van der Waals surface area (Å²) in [6, 6.07) is 16.2. The molecule has 0 aliphatic carbocycles. The smallest absolute Gasteiger partial charge is 0.299 e. The lowest BCUT2D eigenvalue weighted by atomic mass is 10.2. The topological polar surface area (TPSA) is 66.7 Å². The number of fused-ring (bicyclic) bond motifs is 1. The molecule has 0 aliphatic rings. The Hall–Kier alpha value is -3.08. The fraction of sp³-hybridized carbons (Fsp3) is 0. The third-order valence-electron chi connectivity index (χ3n) is 3.24. The van der Waals surface area contributed by atoms with Gasteiger partial charge in [-0.2, -0.15) is 0 Å². The van der Waals surface area contributed by atoms with Crippen molar-refractivity contribution >= 4 is 22.7 Å². The van der Waals surface area contributed by atoms with E-state index in [1.807, 2.05) is 48.5 Å². The molecule has 0 bridgehead atoms. The molecule has 0 aliphatic heterocycles. The molecule has 0 unspecified atom stereocenters. The molecule has 0 saturated carbocycles. The first kappa shape index (κ1) is 11.7. The van der Waals surface area contributed by atoms with Gasteiger partial charge < -0.3 is 14.7 Å². The maximum absolute atomic E-state index is 5.72. The van der Waals surface area contributed by atoms with Crippen molar-refractivity contribution in [1.82, 2.24) is 15.0 Å². The Bertz CT molecular complexity index is 879. The molecule has 0 spiro atoms. The number of hydrogen-bond acceptors (Lipinski definition) is 4. The predicted octanol–water partition coefficient (Wildman–Crippen LogP) is 3.96. The lowest BCUT2D eigenvalue weighted by molar-refractivity contribution is 0.592. The van der Waals surface area contributed by atoms with Gasteiger partial charge in [-0.1, -0.05) is 30.3 Å². The number of nitrogens with zero attached hydrogens (tertiary/aromatic N) is 2. The minimum atomic E-state index is 0.465. The first-order chi connectivity index (χ1) is 10.4. The number of aromatic amines is 1. The minimum absolute atomic E-state index is 0.465. The highest BCUT2D eigenvalue weighted by molar-refractivity contribution is 5.79. The maximum atomic E-state index is 5.72. The van der Waals surface area contributed by atoms with Crippen molar-refractivity contribution in [2.45, 2.75) is 0 Å². The van der Waals surface area contributed by atoms with Crippen LogP contribution < -0.4 is 5.32 Å². The molecule has 5 heteroatoms. The Morgan fingerprint density at radius 1 is 1.00 bits per heavy atom. The van der Waals surface area contributed by atoms with Gasteiger partial charge in [-0.25, -0.2) is 9.97 Å². The zero-order chi connectivity index (χ0) is 14.1. The first-order valence-corrected chi connectivity index (χ1v) is 6.60. The van der Waals surface area contributed by atoms with Gasteiger partial charge in [0.05, 0.1) is 23.6 Å². The molecule has 2 aromatic carbocycles. The number of aromatic nitrogens is 3. The average molecular weight is 276 g/mol. The summed E-state index contributed by atoms with van der Waals surface area (Å²) in [7, 11) is 0. The van der Waals surface area contributed by atoms with Crippen LogP contribution in [0.1, 0.15) is 0 Å². The quantitative estimate of drug-likeness (QED) is 0.594. The summed E-state index contributed by atoms with van der Waals surface area (Å²) in [4.78, 5) is 11.5. The van der Waals surface area contributed by atoms with Crippen molar-refractivity contribution in [1.29, 1.82) is 0 Å². The highest BCUT2D eigenvalue weighted by Crippen LogP contribution is 2.25. The van der Waals surface area contributed by atoms with Gasteiger partial charge in [0, 0.05) is 11.3 Å². The molecule has 2 N–H and O–H groups in total. The number of oxazole rings is 1. The second-order valence-corrected chi connectivity index (χ2v) is 4.66. The molecule has 0 fully saturated rings. The predicted molar refractivity (Wildman–Crippen MR) is 81.3 cm³/mol. The third kappa shape index (κ3) is 2.25. The summed E-state index contributed by atoms with van der Waals surface area (Å²) in [6.07, 6.45) is 3.39. The maximum Gasteiger partial charge on any atom is 0.299 e. The fourth-order valence-electron chi connectivity index (χ4n) is 2.20. The summed E-state index contributed by atoms with van der Waals surface area (Å²) in [5, 5.41) is 3.15. The van der Waals surface area contributed by atoms with Crippen molar-refractivity contribution in [3.63, 3.8) is 0 Å². The number of hydrogen-bond donors (Lipinski definition) is 2. The van der Waals surface area contributed by atoms with Crippen LogP contribution in [0.15, 0.2) is 65.5 Å². The lowest BCUT2D eigenvalue weighted by Gasteiger charge is -2.01. The molecule has 0 amide bonds. The highest BCUT2D eigenvalue weighted by Gasteiger charge is 2.06. The van der Waals surface area contributed by atoms with Gasteiger partial charge in [-0.15, -0.1) is 0 Å². The number of anilines is 2. The zero-order valence-corrected chi connectivity index (χ0v) is 11.1. The Morgan fingerprint density at radius 3 is 2.81 bits per heavy atom. The normalized spacial score (nSPS) is 10.9. The molecule has 0 atom stereocenters. The standard InChI is InChI=1S/C16H12N4O/c1-2-4-11(5-3-1)15-9-17-16(21-15)20-12-6-7-13-14(8-12)19-10-18-13/h1-10H,(H,17,20)(H,18,19). The molecule has 102 valence electrons. The molecule has 0 saturated heterocycles. The van der Waals surface area contributed by atoms with Crippen LogP contribution in [0.3, 0.4) is 0 Å². The van der Waals surface area contributed by atoms with Crippen LogP contribution in [-0.4, -0.2) is 15.0 Å². The van der Waals surface area contributed by atoms with Crippen LogP contribution in [0, 0.1) is 0 Å². The monoisotopic (exact) mass is 276 g/mol. The Kier molecular flexibility index (Phi) is 2.67. The first-order valence-electron chi connectivity index (χ1n) is 6.60. The van der Waals surface area contributed by atoms with Gasteiger partial charge in [0.2, 0.25) is 0 Å². The van der Waals surface area contributed by atoms with Crippen molar-refractivity contribution in [2.75, 3.05) is 5.32 Å². The van der Waals surface area contributed by atoms with Crippen molar-refractivity contribution < 1.29 is 4.42 Å². The third-order valence-corrected chi connectivity index (χ3v) is 3.24. The molecular formula is C16H12N4O. The Morgan fingerprint density at radius 2 is 1.90 bits per heavy atom. The Labute approximate surface area is 120 Å². The van der Waals surface area contributed by atoms with E-state index in [4.69, 9.17) is 4.42 Å². The van der Waals surface area contributed by atoms with Crippen LogP contribution in [0.25, 0.3) is 22.4 Å². The summed E-state index contributed by atoms with van der Waals surface area (Å²) in [6.45, 7) is 0. The van der Waals surface area contributed by atoms with Crippen molar-refractivity contribution in [2.24, 2.45) is 0 Å². The molecular weight excluding hydrogens is 264 g/mol. The molecule has 21 heavy (non-hydrogen) atoms. The number of benzene rings is 2. The van der Waals surface area contributed by atoms with Crippen LogP contribution in [0.5, 0.6) is 0 Å². The van der Waals surface area contributed by atoms with Gasteiger partial charge in [-0.05, 0) is 18.2 Å². The van der Waals surface area contributed by atoms with Crippen LogP contribution in [0.2, 0.25) is 0 Å². The molecule has 4 rings (SSSR count). The van der Waals surface area contributed by atoms with E-state index in [1.165, 1.54) is 0 Å². The number of rotatable bonds is 3. The summed E-state index contributed by atoms with van der Waals surface area (Å²) < 4.78 is 5.72. The molecule has 2 heterocycles. The Balaban J connectivity index is 1.61. The minimum Gasteiger partial charge on any atom is -0.423 e. The number of H-pyrrole nitrogens is 1. The van der Waals surface area contributed by atoms with E-state index < -0.39 is 0 Å². The summed E-state index contributed by atoms with van der Waals surface area (Å²) in [5.74, 6) is 0.737. The highest BCUT2D eigenvalue weighted by atomic mass is 16.4. The molecule has 0 radical (unpaired) electrons. The van der Waals surface area contributed by atoms with Gasteiger partial charge in [0.15, 0.2) is 5.76 Å². The number of nitrogens with one attached hydrogen (secondary N) is 2. The van der Waals surface area contributed by atoms with E-state index in [0.717, 1.165) is 28.0 Å². The SMILES string of the molecule is c1ccc(-c2cnc(Nc3ccc4nc[nH]c4c3)o2)cc1. The number of imidazole rings is 1. The van der Waals surface area contributed by atoms with E-state index in [-0.39, 0.29) is 0 Å². The molecule has 4 aromatic rings. The molecule has 5 nitrogen and oxygen atoms in total. The summed E-state index contributed by atoms with van der Waals surface area (Å²) >= 11 is 0. The largest absolute Gasteiger partial charge is 0.423 e. The second kappa shape index (κ2) is 4.79. The van der Waals surface area contributed by atoms with E-state index in [9.17, 15) is 0 Å². The average Bonchev–Trinajstić information content (AvgIpc) is 3.17.